The Kier molecular flexibility index (Phi) is 6.53. The van der Waals surface area contributed by atoms with Crippen LogP contribution in [-0.4, -0.2) is 40.1 Å². The van der Waals surface area contributed by atoms with Crippen LogP contribution in [0.2, 0.25) is 0 Å². The van der Waals surface area contributed by atoms with Gasteiger partial charge in [0.2, 0.25) is 10.0 Å². The largest absolute Gasteiger partial charge is 0.383 e. The van der Waals surface area contributed by atoms with E-state index in [0.29, 0.717) is 19.6 Å². The van der Waals surface area contributed by atoms with Gasteiger partial charge in [-0.1, -0.05) is 0 Å². The quantitative estimate of drug-likeness (QED) is 0.404. The lowest BCUT2D eigenvalue weighted by atomic mass is 10.3. The molecular formula is C12H19N3O5S. The van der Waals surface area contributed by atoms with Gasteiger partial charge in [-0.05, 0) is 25.5 Å². The summed E-state index contributed by atoms with van der Waals surface area (Å²) < 4.78 is 31.6. The maximum Gasteiger partial charge on any atom is 0.293 e. The van der Waals surface area contributed by atoms with Gasteiger partial charge < -0.3 is 10.1 Å². The number of benzene rings is 1. The summed E-state index contributed by atoms with van der Waals surface area (Å²) in [6, 6.07) is 3.73. The highest BCUT2D eigenvalue weighted by Crippen LogP contribution is 2.26. The molecule has 118 valence electrons. The third-order valence-electron chi connectivity index (χ3n) is 2.71. The third kappa shape index (κ3) is 4.96. The standard InChI is InChI=1S/C12H19N3O5S/c1-3-20-8-4-7-14-21(18,19)10-5-6-11(13-2)12(9-10)15(16)17/h5-6,9,13-14H,3-4,7-8H2,1-2H3. The summed E-state index contributed by atoms with van der Waals surface area (Å²) in [5, 5.41) is 13.6. The van der Waals surface area contributed by atoms with Crippen molar-refractivity contribution in [3.05, 3.63) is 28.3 Å². The predicted molar refractivity (Wildman–Crippen MR) is 78.9 cm³/mol. The highest BCUT2D eigenvalue weighted by Gasteiger charge is 2.20. The van der Waals surface area contributed by atoms with Gasteiger partial charge in [0.25, 0.3) is 5.69 Å². The number of nitro benzene ring substituents is 1. The zero-order chi connectivity index (χ0) is 15.9. The molecule has 0 unspecified atom stereocenters. The van der Waals surface area contributed by atoms with E-state index in [1.54, 1.807) is 0 Å². The second-order valence-electron chi connectivity index (χ2n) is 4.13. The Bertz CT molecular complexity index is 589. The fourth-order valence-corrected chi connectivity index (χ4v) is 2.74. The highest BCUT2D eigenvalue weighted by molar-refractivity contribution is 7.89. The van der Waals surface area contributed by atoms with Crippen molar-refractivity contribution in [1.29, 1.82) is 0 Å². The number of sulfonamides is 1. The number of anilines is 1. The van der Waals surface area contributed by atoms with Crippen LogP contribution in [0.15, 0.2) is 23.1 Å². The first-order chi connectivity index (χ1) is 9.92. The molecule has 0 spiro atoms. The molecule has 0 saturated heterocycles. The molecule has 0 bridgehead atoms. The van der Waals surface area contributed by atoms with Gasteiger partial charge in [-0.2, -0.15) is 0 Å². The molecule has 1 aromatic carbocycles. The Morgan fingerprint density at radius 1 is 1.38 bits per heavy atom. The lowest BCUT2D eigenvalue weighted by Gasteiger charge is -2.08. The van der Waals surface area contributed by atoms with E-state index in [4.69, 9.17) is 4.74 Å². The van der Waals surface area contributed by atoms with Gasteiger partial charge in [-0.15, -0.1) is 0 Å². The molecule has 0 aliphatic carbocycles. The van der Waals surface area contributed by atoms with Crippen LogP contribution in [0.3, 0.4) is 0 Å². The number of nitrogens with one attached hydrogen (secondary N) is 2. The van der Waals surface area contributed by atoms with E-state index in [1.807, 2.05) is 6.92 Å². The van der Waals surface area contributed by atoms with Crippen molar-refractivity contribution in [2.24, 2.45) is 0 Å². The summed E-state index contributed by atoms with van der Waals surface area (Å²) in [5.41, 5.74) is -0.0232. The first-order valence-electron chi connectivity index (χ1n) is 6.46. The Labute approximate surface area is 123 Å². The number of nitro groups is 1. The van der Waals surface area contributed by atoms with E-state index in [0.717, 1.165) is 6.07 Å². The van der Waals surface area contributed by atoms with Crippen LogP contribution in [0, 0.1) is 10.1 Å². The van der Waals surface area contributed by atoms with E-state index >= 15 is 0 Å². The number of nitrogens with zero attached hydrogens (tertiary/aromatic N) is 1. The number of rotatable bonds is 9. The molecule has 0 amide bonds. The lowest BCUT2D eigenvalue weighted by molar-refractivity contribution is -0.384. The van der Waals surface area contributed by atoms with Crippen molar-refractivity contribution in [3.63, 3.8) is 0 Å². The molecule has 0 heterocycles. The second kappa shape index (κ2) is 7.91. The van der Waals surface area contributed by atoms with Gasteiger partial charge >= 0.3 is 0 Å². The van der Waals surface area contributed by atoms with Crippen LogP contribution in [0.5, 0.6) is 0 Å². The van der Waals surface area contributed by atoms with Crippen molar-refractivity contribution < 1.29 is 18.1 Å². The minimum atomic E-state index is -3.77. The lowest BCUT2D eigenvalue weighted by Crippen LogP contribution is -2.25. The molecule has 0 atom stereocenters. The number of ether oxygens (including phenoxy) is 1. The topological polar surface area (TPSA) is 111 Å². The number of hydrogen-bond acceptors (Lipinski definition) is 6. The van der Waals surface area contributed by atoms with Crippen LogP contribution in [0.4, 0.5) is 11.4 Å². The average Bonchev–Trinajstić information content (AvgIpc) is 2.46. The van der Waals surface area contributed by atoms with Crippen molar-refractivity contribution >= 4 is 21.4 Å². The summed E-state index contributed by atoms with van der Waals surface area (Å²) in [6.07, 6.45) is 0.532. The maximum atomic E-state index is 12.0. The summed E-state index contributed by atoms with van der Waals surface area (Å²) >= 11 is 0. The molecule has 1 aromatic rings. The van der Waals surface area contributed by atoms with Crippen LogP contribution in [-0.2, 0) is 14.8 Å². The predicted octanol–water partition coefficient (Wildman–Crippen LogP) is 1.34. The van der Waals surface area contributed by atoms with Crippen LogP contribution in [0.1, 0.15) is 13.3 Å². The zero-order valence-electron chi connectivity index (χ0n) is 12.0. The number of hydrogen-bond donors (Lipinski definition) is 2. The minimum absolute atomic E-state index is 0.135. The molecule has 0 saturated carbocycles. The summed E-state index contributed by atoms with van der Waals surface area (Å²) in [7, 11) is -2.24. The molecule has 0 radical (unpaired) electrons. The molecule has 0 aromatic heterocycles. The van der Waals surface area contributed by atoms with Crippen LogP contribution in [0.25, 0.3) is 0 Å². The highest BCUT2D eigenvalue weighted by atomic mass is 32.2. The van der Waals surface area contributed by atoms with E-state index < -0.39 is 14.9 Å². The van der Waals surface area contributed by atoms with Crippen molar-refractivity contribution in [3.8, 4) is 0 Å². The Morgan fingerprint density at radius 3 is 2.67 bits per heavy atom. The average molecular weight is 317 g/mol. The maximum absolute atomic E-state index is 12.0. The summed E-state index contributed by atoms with van der Waals surface area (Å²) in [5.74, 6) is 0. The molecular weight excluding hydrogens is 298 g/mol. The zero-order valence-corrected chi connectivity index (χ0v) is 12.8. The Hall–Kier alpha value is -1.71. The van der Waals surface area contributed by atoms with Crippen molar-refractivity contribution in [2.45, 2.75) is 18.2 Å². The molecule has 0 fully saturated rings. The Balaban J connectivity index is 2.83. The molecule has 8 nitrogen and oxygen atoms in total. The minimum Gasteiger partial charge on any atom is -0.383 e. The summed E-state index contributed by atoms with van der Waals surface area (Å²) in [4.78, 5) is 10.2. The van der Waals surface area contributed by atoms with Gasteiger partial charge in [-0.25, -0.2) is 13.1 Å². The molecule has 0 aliphatic rings. The van der Waals surface area contributed by atoms with E-state index in [9.17, 15) is 18.5 Å². The fraction of sp³-hybridized carbons (Fsp3) is 0.500. The molecule has 9 heteroatoms. The van der Waals surface area contributed by atoms with E-state index in [-0.39, 0.29) is 22.8 Å². The SMILES string of the molecule is CCOCCCNS(=O)(=O)c1ccc(NC)c([N+](=O)[O-])c1. The molecule has 2 N–H and O–H groups in total. The van der Waals surface area contributed by atoms with Gasteiger partial charge in [-0.3, -0.25) is 10.1 Å². The van der Waals surface area contributed by atoms with Gasteiger partial charge in [0.15, 0.2) is 0 Å². The van der Waals surface area contributed by atoms with E-state index in [2.05, 4.69) is 10.0 Å². The summed E-state index contributed by atoms with van der Waals surface area (Å²) in [6.45, 7) is 3.10. The fourth-order valence-electron chi connectivity index (χ4n) is 1.65. The monoisotopic (exact) mass is 317 g/mol. The van der Waals surface area contributed by atoms with Crippen molar-refractivity contribution in [2.75, 3.05) is 32.1 Å². The normalized spacial score (nSPS) is 11.3. The first-order valence-corrected chi connectivity index (χ1v) is 7.94. The van der Waals surface area contributed by atoms with Crippen LogP contribution >= 0.6 is 0 Å². The Morgan fingerprint density at radius 2 is 2.10 bits per heavy atom. The smallest absolute Gasteiger partial charge is 0.293 e. The third-order valence-corrected chi connectivity index (χ3v) is 4.17. The van der Waals surface area contributed by atoms with Crippen LogP contribution < -0.4 is 10.0 Å². The van der Waals surface area contributed by atoms with Crippen molar-refractivity contribution in [1.82, 2.24) is 4.72 Å². The first kappa shape index (κ1) is 17.3. The van der Waals surface area contributed by atoms with Gasteiger partial charge in [0.05, 0.1) is 9.82 Å². The molecule has 0 aliphatic heterocycles. The second-order valence-corrected chi connectivity index (χ2v) is 5.90. The van der Waals surface area contributed by atoms with E-state index in [1.165, 1.54) is 19.2 Å². The van der Waals surface area contributed by atoms with Gasteiger partial charge in [0.1, 0.15) is 5.69 Å². The molecule has 21 heavy (non-hydrogen) atoms. The van der Waals surface area contributed by atoms with Gasteiger partial charge in [0, 0.05) is 32.9 Å². The molecule has 1 rings (SSSR count).